The molecule has 26 heteroatoms. The van der Waals surface area contributed by atoms with E-state index < -0.39 is 123 Å². The number of carbonyl (C=O) groups is 3. The van der Waals surface area contributed by atoms with Gasteiger partial charge in [-0.05, 0) is 77.9 Å². The number of hydrogen-bond donors (Lipinski definition) is 9. The molecule has 0 aliphatic heterocycles. The number of hydrogen-bond acceptors (Lipinski definition) is 17. The summed E-state index contributed by atoms with van der Waals surface area (Å²) < 4.78 is 138. The molecule has 0 atom stereocenters. The van der Waals surface area contributed by atoms with Gasteiger partial charge in [0.05, 0.1) is 22.5 Å². The SMILES string of the molecule is O=C(Nc1cc2c(c(S(=O)(=O)O)c1)C(=O)/C(=N/Nc1ccc(-c3ccc(N/N=C4\C=C(S(=O)(=O)O)c5cccc(S(=O)(=O)O)c5C4=O)c(O)c3)cc1O)C=C2S(=O)(=O)O)c1ccccc1. The lowest BCUT2D eigenvalue weighted by atomic mass is 9.93. The Kier molecular flexibility index (Phi) is 11.6. The van der Waals surface area contributed by atoms with Crippen molar-refractivity contribution in [3.8, 4) is 22.6 Å². The van der Waals surface area contributed by atoms with Gasteiger partial charge in [-0.3, -0.25) is 43.4 Å². The Hall–Kier alpha value is -7.43. The van der Waals surface area contributed by atoms with Crippen LogP contribution in [-0.2, 0) is 40.5 Å². The van der Waals surface area contributed by atoms with Gasteiger partial charge >= 0.3 is 0 Å². The zero-order valence-corrected chi connectivity index (χ0v) is 35.4. The summed E-state index contributed by atoms with van der Waals surface area (Å²) in [7, 11) is -20.8. The van der Waals surface area contributed by atoms with Crippen LogP contribution < -0.4 is 16.2 Å². The van der Waals surface area contributed by atoms with Crippen molar-refractivity contribution in [2.45, 2.75) is 9.79 Å². The average molecular weight is 966 g/mol. The summed E-state index contributed by atoms with van der Waals surface area (Å²) in [5.41, 5.74) is -0.0611. The average Bonchev–Trinajstić information content (AvgIpc) is 3.22. The second kappa shape index (κ2) is 16.6. The number of Topliss-reactive ketones (excluding diaryl/α,β-unsaturated/α-hetero) is 2. The first-order valence-corrected chi connectivity index (χ1v) is 23.5. The highest BCUT2D eigenvalue weighted by Gasteiger charge is 2.37. The Morgan fingerprint density at radius 2 is 0.985 bits per heavy atom. The Morgan fingerprint density at radius 1 is 0.508 bits per heavy atom. The second-order valence-corrected chi connectivity index (χ2v) is 19.2. The topological polar surface area (TPSA) is 370 Å². The van der Waals surface area contributed by atoms with Gasteiger partial charge < -0.3 is 15.5 Å². The van der Waals surface area contributed by atoms with Crippen molar-refractivity contribution in [3.05, 3.63) is 137 Å². The number of carbonyl (C=O) groups excluding carboxylic acids is 3. The number of anilines is 3. The molecule has 9 N–H and O–H groups in total. The fourth-order valence-corrected chi connectivity index (χ4v) is 9.39. The summed E-state index contributed by atoms with van der Waals surface area (Å²) in [6.07, 6.45) is 1.23. The van der Waals surface area contributed by atoms with Gasteiger partial charge in [-0.15, -0.1) is 0 Å². The third kappa shape index (κ3) is 9.30. The molecule has 5 aromatic rings. The summed E-state index contributed by atoms with van der Waals surface area (Å²) in [5, 5.41) is 31.6. The minimum atomic E-state index is -5.33. The minimum absolute atomic E-state index is 0.110. The van der Waals surface area contributed by atoms with Crippen LogP contribution in [0.5, 0.6) is 11.5 Å². The van der Waals surface area contributed by atoms with Crippen LogP contribution in [0.2, 0.25) is 0 Å². The van der Waals surface area contributed by atoms with Crippen molar-refractivity contribution in [3.63, 3.8) is 0 Å². The van der Waals surface area contributed by atoms with Crippen molar-refractivity contribution in [2.75, 3.05) is 16.2 Å². The maximum absolute atomic E-state index is 13.7. The molecule has 7 rings (SSSR count). The molecule has 0 fully saturated rings. The Bertz CT molecular complexity index is 3530. The zero-order chi connectivity index (χ0) is 47.4. The number of phenolic OH excluding ortho intramolecular Hbond substituents is 2. The fourth-order valence-electron chi connectivity index (χ4n) is 6.53. The summed E-state index contributed by atoms with van der Waals surface area (Å²) in [4.78, 5) is 35.7. The molecular formula is C39H27N5O17S4. The predicted octanol–water partition coefficient (Wildman–Crippen LogP) is 4.30. The number of nitrogens with one attached hydrogen (secondary N) is 3. The van der Waals surface area contributed by atoms with E-state index in [1.165, 1.54) is 48.5 Å². The van der Waals surface area contributed by atoms with Gasteiger partial charge in [0.15, 0.2) is 0 Å². The molecular weight excluding hydrogens is 939 g/mol. The molecule has 0 spiro atoms. The highest BCUT2D eigenvalue weighted by molar-refractivity contribution is 7.95. The van der Waals surface area contributed by atoms with E-state index in [-0.39, 0.29) is 33.8 Å². The lowest BCUT2D eigenvalue weighted by Crippen LogP contribution is -2.26. The summed E-state index contributed by atoms with van der Waals surface area (Å²) >= 11 is 0. The molecule has 0 radical (unpaired) electrons. The van der Waals surface area contributed by atoms with E-state index in [0.717, 1.165) is 36.4 Å². The number of allylic oxidation sites excluding steroid dienone is 2. The molecule has 65 heavy (non-hydrogen) atoms. The van der Waals surface area contributed by atoms with Crippen molar-refractivity contribution in [1.29, 1.82) is 0 Å². The van der Waals surface area contributed by atoms with Gasteiger partial charge in [0.2, 0.25) is 11.6 Å². The monoisotopic (exact) mass is 965 g/mol. The van der Waals surface area contributed by atoms with Crippen molar-refractivity contribution in [2.24, 2.45) is 10.2 Å². The Labute approximate surface area is 367 Å². The molecule has 334 valence electrons. The number of benzene rings is 5. The predicted molar refractivity (Wildman–Crippen MR) is 232 cm³/mol. The molecule has 0 heterocycles. The van der Waals surface area contributed by atoms with Gasteiger partial charge in [0.25, 0.3) is 46.4 Å². The molecule has 5 aromatic carbocycles. The lowest BCUT2D eigenvalue weighted by Gasteiger charge is -2.20. The van der Waals surface area contributed by atoms with E-state index >= 15 is 0 Å². The normalized spacial score (nSPS) is 15.4. The van der Waals surface area contributed by atoms with Crippen LogP contribution in [0.25, 0.3) is 20.9 Å². The molecule has 2 aliphatic rings. The first-order valence-electron chi connectivity index (χ1n) is 17.8. The number of hydrazone groups is 2. The van der Waals surface area contributed by atoms with Crippen molar-refractivity contribution in [1.82, 2.24) is 0 Å². The Balaban J connectivity index is 1.15. The number of fused-ring (bicyclic) bond motifs is 2. The number of ketones is 2. The van der Waals surface area contributed by atoms with Gasteiger partial charge in [-0.25, -0.2) is 0 Å². The number of rotatable bonds is 11. The number of nitrogens with zero attached hydrogens (tertiary/aromatic N) is 2. The van der Waals surface area contributed by atoms with Crippen LogP contribution in [-0.4, -0.2) is 91.0 Å². The minimum Gasteiger partial charge on any atom is -0.506 e. The standard InChI is InChI=1S/C39H27N5O17S4/c45-29-13-20(9-11-25(29)41-43-27-17-32(63(53,54)55)23-7-4-8-31(62(50,51)52)35(23)37(27)47)21-10-12-26(30(46)14-21)42-44-28-18-33(64(56,57)58)24-15-22(40-39(49)19-5-2-1-3-6-19)16-34(65(59,60)61)36(24)38(28)48/h1-18,41-42,45-46H,(H,40,49)(H,50,51,52)(H,53,54,55)(H,56,57,58)(H,59,60,61)/b43-27+,44-28+. The molecule has 22 nitrogen and oxygen atoms in total. The van der Waals surface area contributed by atoms with Gasteiger partial charge in [0.1, 0.15) is 42.5 Å². The molecule has 0 unspecified atom stereocenters. The number of amides is 1. The summed E-state index contributed by atoms with van der Waals surface area (Å²) in [5.74, 6) is -4.30. The van der Waals surface area contributed by atoms with E-state index in [1.807, 2.05) is 0 Å². The number of aromatic hydroxyl groups is 2. The highest BCUT2D eigenvalue weighted by Crippen LogP contribution is 2.38. The molecule has 0 saturated heterocycles. The van der Waals surface area contributed by atoms with Crippen molar-refractivity contribution < 1.29 is 76.5 Å². The first-order chi connectivity index (χ1) is 30.3. The van der Waals surface area contributed by atoms with E-state index in [2.05, 4.69) is 26.4 Å². The van der Waals surface area contributed by atoms with E-state index in [1.54, 1.807) is 6.07 Å². The molecule has 0 bridgehead atoms. The maximum atomic E-state index is 13.7. The van der Waals surface area contributed by atoms with Crippen LogP contribution in [0.3, 0.4) is 0 Å². The van der Waals surface area contributed by atoms with Gasteiger partial charge in [-0.1, -0.05) is 42.5 Å². The largest absolute Gasteiger partial charge is 0.506 e. The first kappa shape index (κ1) is 45.6. The smallest absolute Gasteiger partial charge is 0.295 e. The fraction of sp³-hybridized carbons (Fsp3) is 0. The molecule has 2 aliphatic carbocycles. The Morgan fingerprint density at radius 3 is 1.45 bits per heavy atom. The summed E-state index contributed by atoms with van der Waals surface area (Å²) in [6, 6.07) is 19.5. The summed E-state index contributed by atoms with van der Waals surface area (Å²) in [6.45, 7) is 0. The van der Waals surface area contributed by atoms with E-state index in [4.69, 9.17) is 0 Å². The van der Waals surface area contributed by atoms with Crippen LogP contribution in [0.4, 0.5) is 17.1 Å². The van der Waals surface area contributed by atoms with Crippen LogP contribution in [0, 0.1) is 0 Å². The van der Waals surface area contributed by atoms with Crippen LogP contribution in [0.15, 0.2) is 129 Å². The third-order valence-corrected chi connectivity index (χ3v) is 13.0. The zero-order valence-electron chi connectivity index (χ0n) is 32.1. The van der Waals surface area contributed by atoms with Gasteiger partial charge in [0, 0.05) is 22.4 Å². The quantitative estimate of drug-likeness (QED) is 0.0506. The van der Waals surface area contributed by atoms with Crippen LogP contribution in [0.1, 0.15) is 42.2 Å². The van der Waals surface area contributed by atoms with E-state index in [9.17, 15) is 76.5 Å². The molecule has 0 saturated carbocycles. The maximum Gasteiger partial charge on any atom is 0.295 e. The molecule has 0 aromatic heterocycles. The lowest BCUT2D eigenvalue weighted by molar-refractivity contribution is 0.102. The van der Waals surface area contributed by atoms with Crippen LogP contribution >= 0.6 is 0 Å². The van der Waals surface area contributed by atoms with Gasteiger partial charge in [-0.2, -0.15) is 43.9 Å². The van der Waals surface area contributed by atoms with Crippen molar-refractivity contribution >= 4 is 96.2 Å². The molecule has 1 amide bonds. The highest BCUT2D eigenvalue weighted by atomic mass is 32.2. The van der Waals surface area contributed by atoms with E-state index in [0.29, 0.717) is 18.2 Å². The third-order valence-electron chi connectivity index (χ3n) is 9.44. The number of phenols is 2. The second-order valence-electron chi connectivity index (χ2n) is 13.7.